The molecule has 220 valence electrons. The van der Waals surface area contributed by atoms with Crippen LogP contribution in [-0.4, -0.2) is 44.6 Å². The lowest BCUT2D eigenvalue weighted by Crippen LogP contribution is -2.55. The molecule has 1 spiro atoms. The van der Waals surface area contributed by atoms with Gasteiger partial charge in [0.15, 0.2) is 14.1 Å². The van der Waals surface area contributed by atoms with E-state index in [9.17, 15) is 5.11 Å². The van der Waals surface area contributed by atoms with Crippen LogP contribution in [0.4, 0.5) is 0 Å². The molecule has 0 aromatic heterocycles. The van der Waals surface area contributed by atoms with Gasteiger partial charge < -0.3 is 19.0 Å². The number of hydrogen-bond acceptors (Lipinski definition) is 4. The Hall–Kier alpha value is -0.643. The topological polar surface area (TPSA) is 47.9 Å². The molecule has 4 nitrogen and oxygen atoms in total. The Kier molecular flexibility index (Phi) is 8.08. The molecule has 1 heterocycles. The van der Waals surface area contributed by atoms with Crippen molar-refractivity contribution in [3.8, 4) is 11.8 Å². The lowest BCUT2D eigenvalue weighted by molar-refractivity contribution is -0.186. The van der Waals surface area contributed by atoms with Crippen molar-refractivity contribution in [1.29, 1.82) is 0 Å². The average molecular weight is 557 g/mol. The van der Waals surface area contributed by atoms with Crippen LogP contribution >= 0.6 is 0 Å². The number of hydrogen-bond donors (Lipinski definition) is 1. The molecule has 6 atom stereocenters. The summed E-state index contributed by atoms with van der Waals surface area (Å²) < 4.78 is 18.5. The zero-order valence-corrected chi connectivity index (χ0v) is 27.1. The Bertz CT molecular complexity index is 995. The minimum Gasteiger partial charge on any atom is -0.417 e. The van der Waals surface area contributed by atoms with Crippen molar-refractivity contribution in [1.82, 2.24) is 0 Å². The van der Waals surface area contributed by atoms with E-state index >= 15 is 0 Å². The van der Waals surface area contributed by atoms with Crippen LogP contribution in [0.2, 0.25) is 18.1 Å². The Morgan fingerprint density at radius 3 is 2.44 bits per heavy atom. The fourth-order valence-electron chi connectivity index (χ4n) is 8.82. The molecule has 5 rings (SSSR count). The molecule has 0 amide bonds. The second-order valence-corrected chi connectivity index (χ2v) is 20.4. The van der Waals surface area contributed by atoms with E-state index in [4.69, 9.17) is 13.9 Å². The lowest BCUT2D eigenvalue weighted by Gasteiger charge is -2.59. The van der Waals surface area contributed by atoms with E-state index in [0.717, 1.165) is 90.4 Å². The van der Waals surface area contributed by atoms with Gasteiger partial charge in [-0.2, -0.15) is 0 Å². The maximum absolute atomic E-state index is 11.9. The quantitative estimate of drug-likeness (QED) is 0.156. The van der Waals surface area contributed by atoms with Crippen LogP contribution in [0.1, 0.15) is 112 Å². The Labute approximate surface area is 240 Å². The minimum absolute atomic E-state index is 0.0898. The number of aliphatic hydroxyl groups is 1. The summed E-state index contributed by atoms with van der Waals surface area (Å²) in [7, 11) is -1.64. The summed E-state index contributed by atoms with van der Waals surface area (Å²) >= 11 is 0. The summed E-state index contributed by atoms with van der Waals surface area (Å²) in [6.45, 7) is 18.8. The molecule has 0 bridgehead atoms. The summed E-state index contributed by atoms with van der Waals surface area (Å²) in [6, 6.07) is 0. The highest BCUT2D eigenvalue weighted by Gasteiger charge is 2.64. The van der Waals surface area contributed by atoms with Crippen LogP contribution in [-0.2, 0) is 13.9 Å². The van der Waals surface area contributed by atoms with Gasteiger partial charge in [0.05, 0.1) is 13.2 Å². The zero-order valence-electron chi connectivity index (χ0n) is 26.1. The van der Waals surface area contributed by atoms with Gasteiger partial charge in [-0.15, -0.1) is 5.92 Å². The summed E-state index contributed by atoms with van der Waals surface area (Å²) in [5.74, 6) is 8.48. The molecule has 4 fully saturated rings. The van der Waals surface area contributed by atoms with Gasteiger partial charge in [-0.05, 0) is 92.7 Å². The lowest BCUT2D eigenvalue weighted by atomic mass is 9.47. The fraction of sp³-hybridized carbons (Fsp3) is 0.882. The smallest absolute Gasteiger partial charge is 0.191 e. The molecular weight excluding hydrogens is 500 g/mol. The maximum atomic E-state index is 11.9. The molecule has 5 aliphatic rings. The van der Waals surface area contributed by atoms with Crippen molar-refractivity contribution >= 4 is 8.32 Å². The standard InChI is InChI=1S/C34H56O4Si/c1-30(2,3)39(6,7)38-22-12-10-8-9-11-17-33(35)19-16-29-27-14-13-26-25-34(36-23-24-37-34)21-20-31(26,4)28(27)15-18-32(29,33)5/h13,27-29,35H,8-10,12,14-16,18-25H2,1-7H3/t27-,28+,29+,31+,32+,33+/m1/s1. The third-order valence-electron chi connectivity index (χ3n) is 12.6. The van der Waals surface area contributed by atoms with E-state index in [-0.39, 0.29) is 21.7 Å². The second-order valence-electron chi connectivity index (χ2n) is 15.6. The molecule has 0 radical (unpaired) electrons. The van der Waals surface area contributed by atoms with Crippen molar-refractivity contribution in [3.05, 3.63) is 11.6 Å². The summed E-state index contributed by atoms with van der Waals surface area (Å²) in [5, 5.41) is 12.2. The van der Waals surface area contributed by atoms with E-state index in [1.165, 1.54) is 6.42 Å². The van der Waals surface area contributed by atoms with Gasteiger partial charge in [0.1, 0.15) is 5.60 Å². The van der Waals surface area contributed by atoms with Gasteiger partial charge in [0.2, 0.25) is 0 Å². The fourth-order valence-corrected chi connectivity index (χ4v) is 9.90. The highest BCUT2D eigenvalue weighted by molar-refractivity contribution is 6.74. The predicted molar refractivity (Wildman–Crippen MR) is 161 cm³/mol. The Morgan fingerprint density at radius 2 is 1.72 bits per heavy atom. The van der Waals surface area contributed by atoms with Crippen molar-refractivity contribution in [2.75, 3.05) is 19.8 Å². The van der Waals surface area contributed by atoms with Gasteiger partial charge in [-0.25, -0.2) is 0 Å². The van der Waals surface area contributed by atoms with Crippen LogP contribution in [0.15, 0.2) is 11.6 Å². The van der Waals surface area contributed by atoms with Crippen molar-refractivity contribution < 1.29 is 19.0 Å². The van der Waals surface area contributed by atoms with Gasteiger partial charge in [0.25, 0.3) is 0 Å². The molecule has 3 saturated carbocycles. The van der Waals surface area contributed by atoms with E-state index in [1.807, 2.05) is 0 Å². The number of rotatable bonds is 6. The van der Waals surface area contributed by atoms with Crippen molar-refractivity contribution in [3.63, 3.8) is 0 Å². The summed E-state index contributed by atoms with van der Waals surface area (Å²) in [6.07, 6.45) is 15.3. The van der Waals surface area contributed by atoms with Crippen LogP contribution in [0.25, 0.3) is 0 Å². The highest BCUT2D eigenvalue weighted by atomic mass is 28.4. The third kappa shape index (κ3) is 5.25. The monoisotopic (exact) mass is 556 g/mol. The third-order valence-corrected chi connectivity index (χ3v) is 17.1. The molecule has 5 heteroatoms. The molecule has 4 aliphatic carbocycles. The minimum atomic E-state index is -1.64. The molecule has 0 aromatic rings. The van der Waals surface area contributed by atoms with Crippen LogP contribution in [0, 0.1) is 40.4 Å². The highest BCUT2D eigenvalue weighted by Crippen LogP contribution is 2.67. The largest absolute Gasteiger partial charge is 0.417 e. The first-order chi connectivity index (χ1) is 18.3. The van der Waals surface area contributed by atoms with E-state index in [1.54, 1.807) is 5.57 Å². The Balaban J connectivity index is 1.16. The van der Waals surface area contributed by atoms with Crippen LogP contribution < -0.4 is 0 Å². The predicted octanol–water partition coefficient (Wildman–Crippen LogP) is 8.01. The maximum Gasteiger partial charge on any atom is 0.191 e. The van der Waals surface area contributed by atoms with Crippen LogP contribution in [0.3, 0.4) is 0 Å². The van der Waals surface area contributed by atoms with E-state index in [0.29, 0.717) is 17.8 Å². The Morgan fingerprint density at radius 1 is 1.00 bits per heavy atom. The SMILES string of the molecule is CC(C)(C)[Si](C)(C)OCCCCCC#C[C@]1(O)CC[C@H]2[C@@H]3CC=C4CC5(CC[C@]4(C)[C@H]3CC[C@@]21C)OCCO5. The van der Waals surface area contributed by atoms with Crippen LogP contribution in [0.5, 0.6) is 0 Å². The average Bonchev–Trinajstić information content (AvgIpc) is 3.43. The van der Waals surface area contributed by atoms with E-state index < -0.39 is 13.9 Å². The number of ether oxygens (including phenoxy) is 2. The van der Waals surface area contributed by atoms with Gasteiger partial charge in [0, 0.05) is 31.3 Å². The molecule has 1 aliphatic heterocycles. The first-order valence-electron chi connectivity index (χ1n) is 16.1. The molecule has 39 heavy (non-hydrogen) atoms. The molecule has 0 unspecified atom stereocenters. The van der Waals surface area contributed by atoms with Crippen molar-refractivity contribution in [2.24, 2.45) is 28.6 Å². The normalized spacial score (nSPS) is 39.4. The zero-order chi connectivity index (χ0) is 28.2. The first-order valence-corrected chi connectivity index (χ1v) is 19.0. The molecule has 1 saturated heterocycles. The second kappa shape index (κ2) is 10.6. The summed E-state index contributed by atoms with van der Waals surface area (Å²) in [4.78, 5) is 0. The molecular formula is C34H56O4Si. The number of fused-ring (bicyclic) bond motifs is 5. The van der Waals surface area contributed by atoms with Gasteiger partial charge in [-0.1, -0.05) is 58.6 Å². The van der Waals surface area contributed by atoms with Gasteiger partial charge in [-0.3, -0.25) is 0 Å². The van der Waals surface area contributed by atoms with Gasteiger partial charge >= 0.3 is 0 Å². The molecule has 1 N–H and O–H groups in total. The number of allylic oxidation sites excluding steroid dienone is 1. The first kappa shape index (κ1) is 29.8. The summed E-state index contributed by atoms with van der Waals surface area (Å²) in [5.41, 5.74) is 0.920. The number of unbranched alkanes of at least 4 members (excludes halogenated alkanes) is 3. The van der Waals surface area contributed by atoms with Crippen molar-refractivity contribution in [2.45, 2.75) is 141 Å². The molecule has 0 aromatic carbocycles. The van der Waals surface area contributed by atoms with E-state index in [2.05, 4.69) is 65.6 Å².